The number of rotatable bonds is 4. The molecule has 0 bridgehead atoms. The molecule has 1 aliphatic heterocycles. The van der Waals surface area contributed by atoms with Gasteiger partial charge in [0.2, 0.25) is 11.7 Å². The summed E-state index contributed by atoms with van der Waals surface area (Å²) in [5.74, 6) is -5.31. The highest BCUT2D eigenvalue weighted by atomic mass is 19.4. The molecule has 1 aromatic heterocycles. The number of likely N-dealkylation sites (tertiary alicyclic amines) is 1. The first-order valence-corrected chi connectivity index (χ1v) is 8.21. The van der Waals surface area contributed by atoms with Crippen molar-refractivity contribution >= 4 is 5.97 Å². The van der Waals surface area contributed by atoms with Crippen molar-refractivity contribution in [1.82, 2.24) is 15.0 Å². The summed E-state index contributed by atoms with van der Waals surface area (Å²) in [6.45, 7) is 2.41. The number of aliphatic carboxylic acids is 1. The van der Waals surface area contributed by atoms with Crippen LogP contribution in [0.4, 0.5) is 17.6 Å². The number of carboxylic acid groups (broad SMARTS) is 1. The first-order chi connectivity index (χ1) is 12.6. The summed E-state index contributed by atoms with van der Waals surface area (Å²) in [6.07, 6.45) is -4.61. The van der Waals surface area contributed by atoms with Gasteiger partial charge in [-0.25, -0.2) is 4.39 Å². The highest BCUT2D eigenvalue weighted by molar-refractivity contribution is 5.71. The smallest absolute Gasteiger partial charge is 0.393 e. The Labute approximate surface area is 151 Å². The van der Waals surface area contributed by atoms with E-state index in [0.717, 1.165) is 0 Å². The van der Waals surface area contributed by atoms with Crippen LogP contribution < -0.4 is 0 Å². The standard InChI is InChI=1S/C17H17F4N3O3/c1-8-3-4-10(5-13(8)18)14-22-15(27-23-14)9(2)24-6-11(16(25)26)12(7-24)17(19,20)21/h3-5,9,11-12H,6-7H2,1-2H3,(H,25,26)/t9?,11-,12-/m1/s1. The van der Waals surface area contributed by atoms with Crippen molar-refractivity contribution in [3.63, 3.8) is 0 Å². The number of alkyl halides is 3. The molecule has 1 fully saturated rings. The van der Waals surface area contributed by atoms with Crippen LogP contribution >= 0.6 is 0 Å². The number of benzene rings is 1. The number of aryl methyl sites for hydroxylation is 1. The molecule has 0 radical (unpaired) electrons. The van der Waals surface area contributed by atoms with Crippen LogP contribution in [0.3, 0.4) is 0 Å². The van der Waals surface area contributed by atoms with E-state index in [-0.39, 0.29) is 18.3 Å². The van der Waals surface area contributed by atoms with Gasteiger partial charge in [-0.1, -0.05) is 17.3 Å². The van der Waals surface area contributed by atoms with Gasteiger partial charge < -0.3 is 9.63 Å². The molecule has 3 atom stereocenters. The average molecular weight is 387 g/mol. The summed E-state index contributed by atoms with van der Waals surface area (Å²) in [7, 11) is 0. The van der Waals surface area contributed by atoms with Crippen molar-refractivity contribution in [2.75, 3.05) is 13.1 Å². The quantitative estimate of drug-likeness (QED) is 0.810. The monoisotopic (exact) mass is 387 g/mol. The van der Waals surface area contributed by atoms with Crippen molar-refractivity contribution < 1.29 is 32.0 Å². The molecule has 146 valence electrons. The molecule has 1 aromatic carbocycles. The lowest BCUT2D eigenvalue weighted by Crippen LogP contribution is -2.33. The van der Waals surface area contributed by atoms with Gasteiger partial charge in [-0.15, -0.1) is 0 Å². The molecule has 10 heteroatoms. The van der Waals surface area contributed by atoms with E-state index >= 15 is 0 Å². The summed E-state index contributed by atoms with van der Waals surface area (Å²) in [6, 6.07) is 3.68. The van der Waals surface area contributed by atoms with Crippen LogP contribution in [0.1, 0.15) is 24.4 Å². The lowest BCUT2D eigenvalue weighted by atomic mass is 9.96. The molecule has 6 nitrogen and oxygen atoms in total. The number of halogens is 4. The molecule has 0 spiro atoms. The van der Waals surface area contributed by atoms with E-state index < -0.39 is 42.4 Å². The van der Waals surface area contributed by atoms with Crippen LogP contribution in [-0.2, 0) is 4.79 Å². The Hall–Kier alpha value is -2.49. The molecule has 1 aliphatic rings. The van der Waals surface area contributed by atoms with Gasteiger partial charge in [0, 0.05) is 18.7 Å². The summed E-state index contributed by atoms with van der Waals surface area (Å²) in [5, 5.41) is 12.9. The summed E-state index contributed by atoms with van der Waals surface area (Å²) < 4.78 is 58.2. The van der Waals surface area contributed by atoms with Crippen LogP contribution in [0.2, 0.25) is 0 Å². The topological polar surface area (TPSA) is 79.5 Å². The SMILES string of the molecule is Cc1ccc(-c2noc(C(C)N3C[C@@H](C(F)(F)F)[C@H](C(=O)O)C3)n2)cc1F. The number of aromatic nitrogens is 2. The van der Waals surface area contributed by atoms with Gasteiger partial charge in [-0.05, 0) is 25.5 Å². The van der Waals surface area contributed by atoms with E-state index in [4.69, 9.17) is 9.63 Å². The maximum atomic E-state index is 13.7. The highest BCUT2D eigenvalue weighted by Crippen LogP contribution is 2.40. The number of hydrogen-bond acceptors (Lipinski definition) is 5. The molecule has 2 heterocycles. The lowest BCUT2D eigenvalue weighted by molar-refractivity contribution is -0.188. The number of carbonyl (C=O) groups is 1. The van der Waals surface area contributed by atoms with Gasteiger partial charge in [-0.2, -0.15) is 18.2 Å². The molecule has 27 heavy (non-hydrogen) atoms. The highest BCUT2D eigenvalue weighted by Gasteiger charge is 2.53. The second-order valence-electron chi connectivity index (χ2n) is 6.64. The Morgan fingerprint density at radius 1 is 1.37 bits per heavy atom. The Balaban J connectivity index is 1.80. The van der Waals surface area contributed by atoms with Crippen molar-refractivity contribution in [3.8, 4) is 11.4 Å². The second kappa shape index (κ2) is 6.91. The van der Waals surface area contributed by atoms with Gasteiger partial charge in [0.25, 0.3) is 0 Å². The second-order valence-corrected chi connectivity index (χ2v) is 6.64. The van der Waals surface area contributed by atoms with Gasteiger partial charge in [0.15, 0.2) is 0 Å². The van der Waals surface area contributed by atoms with Crippen molar-refractivity contribution in [3.05, 3.63) is 35.5 Å². The Bertz CT molecular complexity index is 852. The van der Waals surface area contributed by atoms with Gasteiger partial charge in [0.1, 0.15) is 5.82 Å². The van der Waals surface area contributed by atoms with Gasteiger partial charge in [0.05, 0.1) is 17.9 Å². The minimum absolute atomic E-state index is 0.0398. The zero-order chi connectivity index (χ0) is 19.9. The zero-order valence-corrected chi connectivity index (χ0v) is 14.5. The first kappa shape index (κ1) is 19.3. The third-order valence-corrected chi connectivity index (χ3v) is 4.86. The van der Waals surface area contributed by atoms with Crippen LogP contribution in [0.5, 0.6) is 0 Å². The normalized spacial score (nSPS) is 22.1. The van der Waals surface area contributed by atoms with E-state index in [9.17, 15) is 22.4 Å². The Morgan fingerprint density at radius 2 is 2.07 bits per heavy atom. The van der Waals surface area contributed by atoms with Gasteiger partial charge >= 0.3 is 12.1 Å². The predicted molar refractivity (Wildman–Crippen MR) is 85.1 cm³/mol. The largest absolute Gasteiger partial charge is 0.481 e. The number of nitrogens with zero attached hydrogens (tertiary/aromatic N) is 3. The van der Waals surface area contributed by atoms with E-state index in [0.29, 0.717) is 11.1 Å². The fourth-order valence-corrected chi connectivity index (χ4v) is 3.14. The predicted octanol–water partition coefficient (Wildman–Crippen LogP) is 3.44. The summed E-state index contributed by atoms with van der Waals surface area (Å²) in [4.78, 5) is 16.7. The minimum Gasteiger partial charge on any atom is -0.481 e. The molecular formula is C17H17F4N3O3. The number of hydrogen-bond donors (Lipinski definition) is 1. The molecule has 1 N–H and O–H groups in total. The minimum atomic E-state index is -4.61. The van der Waals surface area contributed by atoms with Crippen LogP contribution in [0.25, 0.3) is 11.4 Å². The molecule has 1 unspecified atom stereocenters. The third kappa shape index (κ3) is 3.80. The Kier molecular flexibility index (Phi) is 4.94. The van der Waals surface area contributed by atoms with Crippen molar-refractivity contribution in [2.24, 2.45) is 11.8 Å². The van der Waals surface area contributed by atoms with E-state index in [1.807, 2.05) is 0 Å². The zero-order valence-electron chi connectivity index (χ0n) is 14.5. The van der Waals surface area contributed by atoms with Gasteiger partial charge in [-0.3, -0.25) is 9.69 Å². The van der Waals surface area contributed by atoms with Crippen LogP contribution in [0, 0.1) is 24.6 Å². The number of carboxylic acids is 1. The van der Waals surface area contributed by atoms with E-state index in [1.165, 1.54) is 11.0 Å². The molecule has 1 saturated heterocycles. The molecule has 0 amide bonds. The Morgan fingerprint density at radius 3 is 2.63 bits per heavy atom. The van der Waals surface area contributed by atoms with Crippen LogP contribution in [0.15, 0.2) is 22.7 Å². The summed E-state index contributed by atoms with van der Waals surface area (Å²) >= 11 is 0. The maximum Gasteiger partial charge on any atom is 0.393 e. The fraction of sp³-hybridized carbons (Fsp3) is 0.471. The molecule has 3 rings (SSSR count). The average Bonchev–Trinajstić information content (AvgIpc) is 3.23. The maximum absolute atomic E-state index is 13.7. The fourth-order valence-electron chi connectivity index (χ4n) is 3.14. The van der Waals surface area contributed by atoms with Crippen molar-refractivity contribution in [2.45, 2.75) is 26.1 Å². The molecule has 2 aromatic rings. The van der Waals surface area contributed by atoms with E-state index in [2.05, 4.69) is 10.1 Å². The van der Waals surface area contributed by atoms with Crippen molar-refractivity contribution in [1.29, 1.82) is 0 Å². The molecule has 0 aliphatic carbocycles. The molecule has 0 saturated carbocycles. The molecular weight excluding hydrogens is 370 g/mol. The first-order valence-electron chi connectivity index (χ1n) is 8.21. The van der Waals surface area contributed by atoms with E-state index in [1.54, 1.807) is 26.0 Å². The van der Waals surface area contributed by atoms with Crippen LogP contribution in [-0.4, -0.2) is 45.4 Å². The summed E-state index contributed by atoms with van der Waals surface area (Å²) in [5.41, 5.74) is 0.823. The lowest BCUT2D eigenvalue weighted by Gasteiger charge is -2.21. The third-order valence-electron chi connectivity index (χ3n) is 4.86.